The zero-order valence-electron chi connectivity index (χ0n) is 16.1. The lowest BCUT2D eigenvalue weighted by Crippen LogP contribution is -2.53. The van der Waals surface area contributed by atoms with Gasteiger partial charge in [-0.05, 0) is 43.2 Å². The molecule has 150 valence electrons. The molecule has 2 saturated heterocycles. The molecule has 7 nitrogen and oxygen atoms in total. The van der Waals surface area contributed by atoms with Crippen LogP contribution in [0.3, 0.4) is 0 Å². The van der Waals surface area contributed by atoms with E-state index in [9.17, 15) is 13.2 Å². The van der Waals surface area contributed by atoms with Crippen LogP contribution in [0.2, 0.25) is 0 Å². The molecule has 2 fully saturated rings. The molecule has 1 aromatic rings. The lowest BCUT2D eigenvalue weighted by Gasteiger charge is -2.39. The van der Waals surface area contributed by atoms with Crippen molar-refractivity contribution in [3.63, 3.8) is 0 Å². The first kappa shape index (κ1) is 20.1. The number of carbonyl (C=O) groups excluding carboxylic acids is 1. The van der Waals surface area contributed by atoms with Crippen molar-refractivity contribution >= 4 is 21.9 Å². The van der Waals surface area contributed by atoms with Crippen molar-refractivity contribution in [2.45, 2.75) is 39.2 Å². The highest BCUT2D eigenvalue weighted by Gasteiger charge is 2.36. The summed E-state index contributed by atoms with van der Waals surface area (Å²) >= 11 is 0. The molecular weight excluding hydrogens is 364 g/mol. The number of anilines is 1. The van der Waals surface area contributed by atoms with Gasteiger partial charge in [-0.15, -0.1) is 0 Å². The molecule has 0 aliphatic carbocycles. The van der Waals surface area contributed by atoms with Crippen molar-refractivity contribution in [3.8, 4) is 0 Å². The molecule has 2 aliphatic rings. The number of nitrogens with one attached hydrogen (secondary N) is 2. The average molecular weight is 395 g/mol. The molecule has 0 saturated carbocycles. The molecule has 2 heterocycles. The van der Waals surface area contributed by atoms with Crippen LogP contribution in [-0.2, 0) is 10.2 Å². The van der Waals surface area contributed by atoms with Crippen LogP contribution >= 0.6 is 0 Å². The van der Waals surface area contributed by atoms with E-state index in [0.717, 1.165) is 12.1 Å². The van der Waals surface area contributed by atoms with Crippen molar-refractivity contribution in [2.24, 2.45) is 11.8 Å². The number of piperidine rings is 2. The molecule has 3 rings (SSSR count). The van der Waals surface area contributed by atoms with Gasteiger partial charge in [0.2, 0.25) is 0 Å². The van der Waals surface area contributed by atoms with Gasteiger partial charge in [0, 0.05) is 37.9 Å². The Morgan fingerprint density at radius 3 is 2.19 bits per heavy atom. The van der Waals surface area contributed by atoms with E-state index in [4.69, 9.17) is 0 Å². The van der Waals surface area contributed by atoms with Crippen LogP contribution in [-0.4, -0.2) is 55.3 Å². The average Bonchev–Trinajstić information content (AvgIpc) is 2.62. The minimum absolute atomic E-state index is 0.0145. The van der Waals surface area contributed by atoms with Crippen molar-refractivity contribution in [1.82, 2.24) is 13.9 Å². The second-order valence-corrected chi connectivity index (χ2v) is 9.84. The highest BCUT2D eigenvalue weighted by Crippen LogP contribution is 2.26. The first-order valence-corrected chi connectivity index (χ1v) is 11.1. The van der Waals surface area contributed by atoms with Gasteiger partial charge in [-0.25, -0.2) is 4.79 Å². The van der Waals surface area contributed by atoms with Crippen LogP contribution in [0.25, 0.3) is 0 Å². The van der Waals surface area contributed by atoms with Crippen LogP contribution in [0.4, 0.5) is 10.5 Å². The highest BCUT2D eigenvalue weighted by atomic mass is 32.2. The predicted octanol–water partition coefficient (Wildman–Crippen LogP) is 2.50. The van der Waals surface area contributed by atoms with Gasteiger partial charge in [0.1, 0.15) is 0 Å². The summed E-state index contributed by atoms with van der Waals surface area (Å²) in [5, 5.41) is 5.75. The Morgan fingerprint density at radius 2 is 1.59 bits per heavy atom. The Morgan fingerprint density at radius 1 is 1.00 bits per heavy atom. The molecule has 0 bridgehead atoms. The minimum atomic E-state index is -3.41. The van der Waals surface area contributed by atoms with Crippen LogP contribution in [0, 0.1) is 11.8 Å². The SMILES string of the molecule is C[C@@H]1C[C@@H](C)CN(S(=O)(=O)N2CCC(NC(=O)Nc3ccccc3)CC2)C1. The lowest BCUT2D eigenvalue weighted by molar-refractivity contribution is 0.199. The summed E-state index contributed by atoms with van der Waals surface area (Å²) in [6.45, 7) is 6.31. The van der Waals surface area contributed by atoms with Gasteiger partial charge >= 0.3 is 6.03 Å². The van der Waals surface area contributed by atoms with Crippen molar-refractivity contribution in [1.29, 1.82) is 0 Å². The van der Waals surface area contributed by atoms with Gasteiger partial charge in [0.05, 0.1) is 0 Å². The van der Waals surface area contributed by atoms with Gasteiger partial charge in [-0.1, -0.05) is 32.0 Å². The fourth-order valence-electron chi connectivity index (χ4n) is 4.06. The molecule has 27 heavy (non-hydrogen) atoms. The summed E-state index contributed by atoms with van der Waals surface area (Å²) in [6, 6.07) is 9.01. The van der Waals surface area contributed by atoms with E-state index in [1.54, 1.807) is 8.61 Å². The van der Waals surface area contributed by atoms with E-state index < -0.39 is 10.2 Å². The highest BCUT2D eigenvalue weighted by molar-refractivity contribution is 7.86. The van der Waals surface area contributed by atoms with Crippen LogP contribution in [0.15, 0.2) is 30.3 Å². The zero-order chi connectivity index (χ0) is 19.4. The number of para-hydroxylation sites is 1. The van der Waals surface area contributed by atoms with E-state index in [0.29, 0.717) is 50.9 Å². The van der Waals surface area contributed by atoms with Crippen molar-refractivity contribution in [3.05, 3.63) is 30.3 Å². The third-order valence-corrected chi connectivity index (χ3v) is 7.28. The van der Waals surface area contributed by atoms with Gasteiger partial charge in [-0.3, -0.25) is 0 Å². The fraction of sp³-hybridized carbons (Fsp3) is 0.632. The number of hydrogen-bond donors (Lipinski definition) is 2. The molecule has 2 atom stereocenters. The van der Waals surface area contributed by atoms with E-state index in [1.807, 2.05) is 30.3 Å². The molecule has 2 N–H and O–H groups in total. The Bertz CT molecular complexity index is 723. The molecule has 2 amide bonds. The molecule has 0 spiro atoms. The zero-order valence-corrected chi connectivity index (χ0v) is 16.9. The van der Waals surface area contributed by atoms with E-state index >= 15 is 0 Å². The van der Waals surface area contributed by atoms with Gasteiger partial charge in [-0.2, -0.15) is 17.0 Å². The normalized spacial score (nSPS) is 25.9. The second kappa shape index (κ2) is 8.58. The summed E-state index contributed by atoms with van der Waals surface area (Å²) in [5.74, 6) is 0.786. The maximum atomic E-state index is 13.0. The first-order valence-electron chi connectivity index (χ1n) is 9.72. The summed E-state index contributed by atoms with van der Waals surface area (Å²) in [7, 11) is -3.41. The standard InChI is InChI=1S/C19H30N4O3S/c1-15-12-16(2)14-23(13-15)27(25,26)22-10-8-18(9-11-22)21-19(24)20-17-6-4-3-5-7-17/h3-7,15-16,18H,8-14H2,1-2H3,(H2,20,21,24)/t15-,16-/m1/s1. The van der Waals surface area contributed by atoms with Gasteiger partial charge < -0.3 is 10.6 Å². The van der Waals surface area contributed by atoms with Gasteiger partial charge in [0.15, 0.2) is 0 Å². The number of urea groups is 1. The number of carbonyl (C=O) groups is 1. The number of hydrogen-bond acceptors (Lipinski definition) is 3. The quantitative estimate of drug-likeness (QED) is 0.823. The third-order valence-electron chi connectivity index (χ3n) is 5.31. The second-order valence-electron chi connectivity index (χ2n) is 7.91. The Balaban J connectivity index is 1.50. The van der Waals surface area contributed by atoms with Gasteiger partial charge in [0.25, 0.3) is 10.2 Å². The number of amides is 2. The summed E-state index contributed by atoms with van der Waals surface area (Å²) in [4.78, 5) is 12.1. The van der Waals surface area contributed by atoms with Crippen LogP contribution < -0.4 is 10.6 Å². The summed E-state index contributed by atoms with van der Waals surface area (Å²) in [5.41, 5.74) is 0.739. The molecule has 0 radical (unpaired) electrons. The smallest absolute Gasteiger partial charge is 0.319 e. The maximum absolute atomic E-state index is 13.0. The lowest BCUT2D eigenvalue weighted by atomic mass is 9.94. The monoisotopic (exact) mass is 394 g/mol. The molecule has 0 unspecified atom stereocenters. The van der Waals surface area contributed by atoms with Crippen LogP contribution in [0.1, 0.15) is 33.1 Å². The largest absolute Gasteiger partial charge is 0.335 e. The van der Waals surface area contributed by atoms with E-state index in [1.165, 1.54) is 0 Å². The maximum Gasteiger partial charge on any atom is 0.319 e. The fourth-order valence-corrected chi connectivity index (χ4v) is 5.95. The molecular formula is C19H30N4O3S. The van der Waals surface area contributed by atoms with E-state index in [-0.39, 0.29) is 12.1 Å². The first-order chi connectivity index (χ1) is 12.8. The molecule has 8 heteroatoms. The molecule has 1 aromatic carbocycles. The Hall–Kier alpha value is -1.64. The Labute approximate surface area is 162 Å². The minimum Gasteiger partial charge on any atom is -0.335 e. The van der Waals surface area contributed by atoms with Crippen molar-refractivity contribution < 1.29 is 13.2 Å². The van der Waals surface area contributed by atoms with E-state index in [2.05, 4.69) is 24.5 Å². The topological polar surface area (TPSA) is 81.8 Å². The van der Waals surface area contributed by atoms with Crippen molar-refractivity contribution in [2.75, 3.05) is 31.5 Å². The predicted molar refractivity (Wildman–Crippen MR) is 107 cm³/mol. The molecule has 0 aromatic heterocycles. The number of nitrogens with zero attached hydrogens (tertiary/aromatic N) is 2. The third kappa shape index (κ3) is 5.21. The number of benzene rings is 1. The summed E-state index contributed by atoms with van der Waals surface area (Å²) in [6.07, 6.45) is 2.33. The number of rotatable bonds is 4. The molecule has 2 aliphatic heterocycles. The summed E-state index contributed by atoms with van der Waals surface area (Å²) < 4.78 is 29.1. The van der Waals surface area contributed by atoms with Crippen LogP contribution in [0.5, 0.6) is 0 Å². The Kier molecular flexibility index (Phi) is 6.39.